The highest BCUT2D eigenvalue weighted by Crippen LogP contribution is 2.30. The van der Waals surface area contributed by atoms with Crippen LogP contribution in [0.25, 0.3) is 11.3 Å². The fourth-order valence-electron chi connectivity index (χ4n) is 3.40. The molecule has 0 atom stereocenters. The van der Waals surface area contributed by atoms with Gasteiger partial charge in [-0.25, -0.2) is 4.98 Å². The number of likely N-dealkylation sites (tertiary alicyclic amines) is 1. The molecule has 166 valence electrons. The van der Waals surface area contributed by atoms with Crippen molar-refractivity contribution in [2.75, 3.05) is 19.7 Å². The van der Waals surface area contributed by atoms with Crippen molar-refractivity contribution in [3.05, 3.63) is 52.6 Å². The highest BCUT2D eigenvalue weighted by atomic mass is 19.4. The lowest BCUT2D eigenvalue weighted by Crippen LogP contribution is -2.43. The van der Waals surface area contributed by atoms with E-state index in [-0.39, 0.29) is 30.0 Å². The van der Waals surface area contributed by atoms with Gasteiger partial charge >= 0.3 is 12.1 Å². The first-order chi connectivity index (χ1) is 14.7. The Morgan fingerprint density at radius 2 is 1.81 bits per heavy atom. The van der Waals surface area contributed by atoms with E-state index in [4.69, 9.17) is 4.74 Å². The molecule has 3 rings (SSSR count). The standard InChI is InChI=1S/C21H22F3N3O4/c1-2-31-20(30)15-7-9-26(10-8-15)19(29)12-27-13-25-17(11-18(27)28)14-3-5-16(6-4-14)21(22,23)24/h3-6,11,13,15H,2,7-10,12H2,1H3. The second-order valence-electron chi connectivity index (χ2n) is 7.22. The molecule has 1 aromatic heterocycles. The summed E-state index contributed by atoms with van der Waals surface area (Å²) in [6, 6.07) is 5.52. The number of carbonyl (C=O) groups is 2. The van der Waals surface area contributed by atoms with Gasteiger partial charge in [-0.2, -0.15) is 13.2 Å². The van der Waals surface area contributed by atoms with E-state index >= 15 is 0 Å². The van der Waals surface area contributed by atoms with Crippen molar-refractivity contribution >= 4 is 11.9 Å². The van der Waals surface area contributed by atoms with E-state index in [9.17, 15) is 27.6 Å². The van der Waals surface area contributed by atoms with Crippen molar-refractivity contribution in [2.24, 2.45) is 5.92 Å². The van der Waals surface area contributed by atoms with E-state index in [0.29, 0.717) is 38.1 Å². The van der Waals surface area contributed by atoms with E-state index in [1.54, 1.807) is 11.8 Å². The number of hydrogen-bond donors (Lipinski definition) is 0. The second kappa shape index (κ2) is 9.32. The molecule has 31 heavy (non-hydrogen) atoms. The Kier molecular flexibility index (Phi) is 6.77. The largest absolute Gasteiger partial charge is 0.466 e. The second-order valence-corrected chi connectivity index (χ2v) is 7.22. The van der Waals surface area contributed by atoms with Crippen molar-refractivity contribution in [2.45, 2.75) is 32.5 Å². The number of piperidine rings is 1. The number of carbonyl (C=O) groups excluding carboxylic acids is 2. The third-order valence-electron chi connectivity index (χ3n) is 5.16. The summed E-state index contributed by atoms with van der Waals surface area (Å²) in [5.74, 6) is -0.751. The molecule has 1 aliphatic rings. The minimum absolute atomic E-state index is 0.205. The predicted octanol–water partition coefficient (Wildman–Crippen LogP) is 2.73. The van der Waals surface area contributed by atoms with Crippen LogP contribution in [-0.2, 0) is 27.0 Å². The summed E-state index contributed by atoms with van der Waals surface area (Å²) in [7, 11) is 0. The lowest BCUT2D eigenvalue weighted by Gasteiger charge is -2.31. The molecular weight excluding hydrogens is 415 g/mol. The number of esters is 1. The quantitative estimate of drug-likeness (QED) is 0.672. The Labute approximate surface area is 176 Å². The van der Waals surface area contributed by atoms with Crippen LogP contribution in [0.5, 0.6) is 0 Å². The summed E-state index contributed by atoms with van der Waals surface area (Å²) in [6.45, 7) is 2.65. The van der Waals surface area contributed by atoms with Crippen LogP contribution in [-0.4, -0.2) is 46.0 Å². The van der Waals surface area contributed by atoms with Gasteiger partial charge in [-0.15, -0.1) is 0 Å². The van der Waals surface area contributed by atoms with Crippen LogP contribution in [0.4, 0.5) is 13.2 Å². The van der Waals surface area contributed by atoms with Crippen molar-refractivity contribution in [3.63, 3.8) is 0 Å². The van der Waals surface area contributed by atoms with E-state index < -0.39 is 17.3 Å². The molecule has 0 radical (unpaired) electrons. The minimum Gasteiger partial charge on any atom is -0.466 e. The predicted molar refractivity (Wildman–Crippen MR) is 105 cm³/mol. The lowest BCUT2D eigenvalue weighted by atomic mass is 9.97. The van der Waals surface area contributed by atoms with Gasteiger partial charge in [0, 0.05) is 24.7 Å². The molecule has 1 amide bonds. The van der Waals surface area contributed by atoms with Gasteiger partial charge in [0.1, 0.15) is 6.54 Å². The van der Waals surface area contributed by atoms with Gasteiger partial charge < -0.3 is 9.64 Å². The zero-order valence-corrected chi connectivity index (χ0v) is 16.9. The van der Waals surface area contributed by atoms with Crippen LogP contribution >= 0.6 is 0 Å². The van der Waals surface area contributed by atoms with Crippen molar-refractivity contribution in [3.8, 4) is 11.3 Å². The molecule has 2 aromatic rings. The number of hydrogen-bond acceptors (Lipinski definition) is 5. The molecule has 0 aliphatic carbocycles. The number of rotatable bonds is 5. The van der Waals surface area contributed by atoms with Gasteiger partial charge in [-0.3, -0.25) is 19.0 Å². The van der Waals surface area contributed by atoms with Crippen LogP contribution < -0.4 is 5.56 Å². The maximum atomic E-state index is 12.7. The van der Waals surface area contributed by atoms with E-state index in [1.165, 1.54) is 24.5 Å². The monoisotopic (exact) mass is 437 g/mol. The number of halogens is 3. The highest BCUT2D eigenvalue weighted by molar-refractivity contribution is 5.77. The zero-order valence-electron chi connectivity index (χ0n) is 16.9. The van der Waals surface area contributed by atoms with Crippen molar-refractivity contribution in [1.82, 2.24) is 14.5 Å². The average Bonchev–Trinajstić information content (AvgIpc) is 2.75. The minimum atomic E-state index is -4.44. The van der Waals surface area contributed by atoms with Gasteiger partial charge in [-0.05, 0) is 31.9 Å². The molecule has 7 nitrogen and oxygen atoms in total. The number of amides is 1. The Bertz CT molecular complexity index is 994. The van der Waals surface area contributed by atoms with E-state index in [0.717, 1.165) is 16.7 Å². The SMILES string of the molecule is CCOC(=O)C1CCN(C(=O)Cn2cnc(-c3ccc(C(F)(F)F)cc3)cc2=O)CC1. The number of nitrogens with zero attached hydrogens (tertiary/aromatic N) is 3. The number of benzene rings is 1. The smallest absolute Gasteiger partial charge is 0.416 e. The third kappa shape index (κ3) is 5.50. The molecular formula is C21H22F3N3O4. The molecule has 0 unspecified atom stereocenters. The number of aromatic nitrogens is 2. The van der Waals surface area contributed by atoms with E-state index in [1.807, 2.05) is 0 Å². The summed E-state index contributed by atoms with van der Waals surface area (Å²) in [6.07, 6.45) is -2.23. The number of ether oxygens (including phenoxy) is 1. The number of alkyl halides is 3. The van der Waals surface area contributed by atoms with Crippen LogP contribution in [0.3, 0.4) is 0 Å². The summed E-state index contributed by atoms with van der Waals surface area (Å²) in [5.41, 5.74) is -0.691. The normalized spacial score (nSPS) is 15.0. The van der Waals surface area contributed by atoms with Gasteiger partial charge in [-0.1, -0.05) is 12.1 Å². The van der Waals surface area contributed by atoms with Gasteiger partial charge in [0.25, 0.3) is 5.56 Å². The Hall–Kier alpha value is -3.17. The summed E-state index contributed by atoms with van der Waals surface area (Å²) < 4.78 is 44.2. The molecule has 1 aliphatic heterocycles. The average molecular weight is 437 g/mol. The molecule has 1 saturated heterocycles. The molecule has 1 aromatic carbocycles. The molecule has 0 bridgehead atoms. The first kappa shape index (κ1) is 22.5. The first-order valence-corrected chi connectivity index (χ1v) is 9.87. The van der Waals surface area contributed by atoms with Crippen LogP contribution in [0.2, 0.25) is 0 Å². The Morgan fingerprint density at radius 3 is 2.35 bits per heavy atom. The highest BCUT2D eigenvalue weighted by Gasteiger charge is 2.30. The van der Waals surface area contributed by atoms with Crippen molar-refractivity contribution in [1.29, 1.82) is 0 Å². The van der Waals surface area contributed by atoms with Crippen LogP contribution in [0, 0.1) is 5.92 Å². The van der Waals surface area contributed by atoms with Crippen LogP contribution in [0.15, 0.2) is 41.5 Å². The maximum absolute atomic E-state index is 12.7. The van der Waals surface area contributed by atoms with Crippen LogP contribution in [0.1, 0.15) is 25.3 Å². The topological polar surface area (TPSA) is 81.5 Å². The molecule has 1 fully saturated rings. The maximum Gasteiger partial charge on any atom is 0.416 e. The summed E-state index contributed by atoms with van der Waals surface area (Å²) >= 11 is 0. The summed E-state index contributed by atoms with van der Waals surface area (Å²) in [4.78, 5) is 42.4. The van der Waals surface area contributed by atoms with Crippen molar-refractivity contribution < 1.29 is 27.5 Å². The molecule has 2 heterocycles. The fourth-order valence-corrected chi connectivity index (χ4v) is 3.40. The zero-order chi connectivity index (χ0) is 22.6. The van der Waals surface area contributed by atoms with Gasteiger partial charge in [0.15, 0.2) is 0 Å². The van der Waals surface area contributed by atoms with E-state index in [2.05, 4.69) is 4.98 Å². The lowest BCUT2D eigenvalue weighted by molar-refractivity contribution is -0.151. The molecule has 10 heteroatoms. The van der Waals surface area contributed by atoms with Gasteiger partial charge in [0.2, 0.25) is 5.91 Å². The molecule has 0 N–H and O–H groups in total. The third-order valence-corrected chi connectivity index (χ3v) is 5.16. The Morgan fingerprint density at radius 1 is 1.16 bits per heavy atom. The Balaban J connectivity index is 1.63. The molecule has 0 spiro atoms. The summed E-state index contributed by atoms with van der Waals surface area (Å²) in [5, 5.41) is 0. The van der Waals surface area contributed by atoms with Gasteiger partial charge in [0.05, 0.1) is 30.1 Å². The molecule has 0 saturated carbocycles. The first-order valence-electron chi connectivity index (χ1n) is 9.87. The fraction of sp³-hybridized carbons (Fsp3) is 0.429.